The summed E-state index contributed by atoms with van der Waals surface area (Å²) >= 11 is 0. The topological polar surface area (TPSA) is 58.1 Å². The van der Waals surface area contributed by atoms with Gasteiger partial charge in [0.15, 0.2) is 0 Å². The first-order valence-electron chi connectivity index (χ1n) is 8.73. The van der Waals surface area contributed by atoms with E-state index in [4.69, 9.17) is 0 Å². The second-order valence-corrected chi connectivity index (χ2v) is 6.48. The molecule has 130 valence electrons. The Labute approximate surface area is 152 Å². The van der Waals surface area contributed by atoms with E-state index in [1.54, 1.807) is 12.4 Å². The van der Waals surface area contributed by atoms with E-state index in [2.05, 4.69) is 28.3 Å². The standard InChI is InChI=1S/C21H20N4O/c1-15-11-17-9-5-6-10-19(17)25(15)21(26)18-13-24-20(14-22-18)23-12-16-7-3-2-4-8-16/h2-10,13-15H,11-12H2,1H3,(H,23,24). The molecule has 1 aromatic heterocycles. The summed E-state index contributed by atoms with van der Waals surface area (Å²) in [6.07, 6.45) is 4.03. The van der Waals surface area contributed by atoms with Gasteiger partial charge in [-0.1, -0.05) is 48.5 Å². The lowest BCUT2D eigenvalue weighted by molar-refractivity contribution is 0.0976. The number of amides is 1. The van der Waals surface area contributed by atoms with Crippen LogP contribution in [0.1, 0.15) is 28.5 Å². The van der Waals surface area contributed by atoms with Crippen LogP contribution in [0.5, 0.6) is 0 Å². The van der Waals surface area contributed by atoms with E-state index in [9.17, 15) is 4.79 Å². The largest absolute Gasteiger partial charge is 0.365 e. The zero-order valence-electron chi connectivity index (χ0n) is 14.6. The number of hydrogen-bond acceptors (Lipinski definition) is 4. The molecule has 1 N–H and O–H groups in total. The van der Waals surface area contributed by atoms with Gasteiger partial charge in [0.2, 0.25) is 0 Å². The number of anilines is 2. The van der Waals surface area contributed by atoms with E-state index >= 15 is 0 Å². The van der Waals surface area contributed by atoms with Gasteiger partial charge in [-0.3, -0.25) is 4.79 Å². The molecule has 4 rings (SSSR count). The first-order chi connectivity index (χ1) is 12.7. The molecule has 5 heteroatoms. The Morgan fingerprint density at radius 1 is 1.08 bits per heavy atom. The molecule has 2 aromatic carbocycles. The second kappa shape index (κ2) is 6.96. The Balaban J connectivity index is 1.47. The third-order valence-electron chi connectivity index (χ3n) is 4.61. The third-order valence-corrected chi connectivity index (χ3v) is 4.61. The molecule has 1 unspecified atom stereocenters. The van der Waals surface area contributed by atoms with Crippen LogP contribution in [-0.2, 0) is 13.0 Å². The average Bonchev–Trinajstić information content (AvgIpc) is 3.03. The maximum Gasteiger partial charge on any atom is 0.278 e. The SMILES string of the molecule is CC1Cc2ccccc2N1C(=O)c1cnc(NCc2ccccc2)cn1. The van der Waals surface area contributed by atoms with Gasteiger partial charge in [-0.05, 0) is 30.5 Å². The van der Waals surface area contributed by atoms with Crippen LogP contribution >= 0.6 is 0 Å². The summed E-state index contributed by atoms with van der Waals surface area (Å²) in [5, 5.41) is 3.22. The average molecular weight is 344 g/mol. The minimum absolute atomic E-state index is 0.107. The van der Waals surface area contributed by atoms with E-state index in [1.165, 1.54) is 5.56 Å². The molecule has 0 aliphatic carbocycles. The Morgan fingerprint density at radius 2 is 1.85 bits per heavy atom. The molecule has 3 aromatic rings. The highest BCUT2D eigenvalue weighted by Crippen LogP contribution is 2.32. The number of aromatic nitrogens is 2. The molecule has 0 saturated heterocycles. The van der Waals surface area contributed by atoms with Gasteiger partial charge in [-0.15, -0.1) is 0 Å². The number of carbonyl (C=O) groups excluding carboxylic acids is 1. The van der Waals surface area contributed by atoms with Crippen molar-refractivity contribution in [1.82, 2.24) is 9.97 Å². The zero-order chi connectivity index (χ0) is 17.9. The Kier molecular flexibility index (Phi) is 4.35. The van der Waals surface area contributed by atoms with Crippen LogP contribution < -0.4 is 10.2 Å². The second-order valence-electron chi connectivity index (χ2n) is 6.48. The highest BCUT2D eigenvalue weighted by atomic mass is 16.2. The molecule has 0 spiro atoms. The lowest BCUT2D eigenvalue weighted by Gasteiger charge is -2.22. The smallest absolute Gasteiger partial charge is 0.278 e. The molecular weight excluding hydrogens is 324 g/mol. The van der Waals surface area contributed by atoms with Crippen LogP contribution in [0.4, 0.5) is 11.5 Å². The van der Waals surface area contributed by atoms with Crippen molar-refractivity contribution in [3.8, 4) is 0 Å². The normalized spacial score (nSPS) is 15.6. The first-order valence-corrected chi connectivity index (χ1v) is 8.73. The number of rotatable bonds is 4. The predicted octanol–water partition coefficient (Wildman–Crippen LogP) is 3.68. The van der Waals surface area contributed by atoms with Gasteiger partial charge in [-0.25, -0.2) is 9.97 Å². The van der Waals surface area contributed by atoms with Crippen molar-refractivity contribution in [2.45, 2.75) is 25.9 Å². The summed E-state index contributed by atoms with van der Waals surface area (Å²) in [5.74, 6) is 0.546. The van der Waals surface area contributed by atoms with E-state index in [0.717, 1.165) is 17.7 Å². The third kappa shape index (κ3) is 3.16. The highest BCUT2D eigenvalue weighted by Gasteiger charge is 2.31. The summed E-state index contributed by atoms with van der Waals surface area (Å²) in [4.78, 5) is 23.4. The minimum Gasteiger partial charge on any atom is -0.365 e. The molecule has 1 amide bonds. The molecular formula is C21H20N4O. The van der Waals surface area contributed by atoms with Gasteiger partial charge in [0.05, 0.1) is 12.4 Å². The monoisotopic (exact) mass is 344 g/mol. The van der Waals surface area contributed by atoms with Crippen molar-refractivity contribution in [2.24, 2.45) is 0 Å². The quantitative estimate of drug-likeness (QED) is 0.784. The van der Waals surface area contributed by atoms with Gasteiger partial charge >= 0.3 is 0 Å². The summed E-state index contributed by atoms with van der Waals surface area (Å²) in [7, 11) is 0. The van der Waals surface area contributed by atoms with Gasteiger partial charge in [0, 0.05) is 18.3 Å². The van der Waals surface area contributed by atoms with Crippen molar-refractivity contribution in [3.05, 3.63) is 83.8 Å². The fourth-order valence-electron chi connectivity index (χ4n) is 3.32. The number of benzene rings is 2. The van der Waals surface area contributed by atoms with Crippen molar-refractivity contribution in [1.29, 1.82) is 0 Å². The molecule has 26 heavy (non-hydrogen) atoms. The van der Waals surface area contributed by atoms with E-state index in [-0.39, 0.29) is 11.9 Å². The summed E-state index contributed by atoms with van der Waals surface area (Å²) in [5.41, 5.74) is 3.69. The van der Waals surface area contributed by atoms with Gasteiger partial charge in [-0.2, -0.15) is 0 Å². The van der Waals surface area contributed by atoms with Crippen LogP contribution in [-0.4, -0.2) is 21.9 Å². The molecule has 1 aliphatic heterocycles. The van der Waals surface area contributed by atoms with Crippen LogP contribution in [0.25, 0.3) is 0 Å². The fraction of sp³-hybridized carbons (Fsp3) is 0.190. The Hall–Kier alpha value is -3.21. The predicted molar refractivity (Wildman–Crippen MR) is 102 cm³/mol. The van der Waals surface area contributed by atoms with Crippen LogP contribution in [0.15, 0.2) is 67.0 Å². The molecule has 0 bridgehead atoms. The summed E-state index contributed by atoms with van der Waals surface area (Å²) < 4.78 is 0. The van der Waals surface area contributed by atoms with Crippen molar-refractivity contribution in [3.63, 3.8) is 0 Å². The van der Waals surface area contributed by atoms with Gasteiger partial charge in [0.1, 0.15) is 11.5 Å². The van der Waals surface area contributed by atoms with Crippen LogP contribution in [0, 0.1) is 0 Å². The number of nitrogens with one attached hydrogen (secondary N) is 1. The van der Waals surface area contributed by atoms with Gasteiger partial charge in [0.25, 0.3) is 5.91 Å². The lowest BCUT2D eigenvalue weighted by atomic mass is 10.1. The van der Waals surface area contributed by atoms with E-state index in [1.807, 2.05) is 53.4 Å². The molecule has 2 heterocycles. The number of hydrogen-bond donors (Lipinski definition) is 1. The lowest BCUT2D eigenvalue weighted by Crippen LogP contribution is -2.36. The molecule has 0 radical (unpaired) electrons. The highest BCUT2D eigenvalue weighted by molar-refractivity contribution is 6.06. The number of nitrogens with zero attached hydrogens (tertiary/aromatic N) is 3. The molecule has 1 atom stereocenters. The van der Waals surface area contributed by atoms with Gasteiger partial charge < -0.3 is 10.2 Å². The van der Waals surface area contributed by atoms with Crippen molar-refractivity contribution >= 4 is 17.4 Å². The van der Waals surface area contributed by atoms with Crippen LogP contribution in [0.2, 0.25) is 0 Å². The zero-order valence-corrected chi connectivity index (χ0v) is 14.6. The molecule has 1 aliphatic rings. The van der Waals surface area contributed by atoms with E-state index in [0.29, 0.717) is 18.1 Å². The Morgan fingerprint density at radius 3 is 2.62 bits per heavy atom. The first kappa shape index (κ1) is 16.3. The van der Waals surface area contributed by atoms with Crippen LogP contribution in [0.3, 0.4) is 0 Å². The molecule has 0 fully saturated rings. The van der Waals surface area contributed by atoms with Crippen molar-refractivity contribution < 1.29 is 4.79 Å². The number of para-hydroxylation sites is 1. The van der Waals surface area contributed by atoms with Crippen molar-refractivity contribution in [2.75, 3.05) is 10.2 Å². The summed E-state index contributed by atoms with van der Waals surface area (Å²) in [6, 6.07) is 18.2. The fourth-order valence-corrected chi connectivity index (χ4v) is 3.32. The Bertz CT molecular complexity index is 909. The maximum atomic E-state index is 12.9. The number of carbonyl (C=O) groups is 1. The number of fused-ring (bicyclic) bond motifs is 1. The maximum absolute atomic E-state index is 12.9. The molecule has 5 nitrogen and oxygen atoms in total. The van der Waals surface area contributed by atoms with E-state index < -0.39 is 0 Å². The summed E-state index contributed by atoms with van der Waals surface area (Å²) in [6.45, 7) is 2.72. The minimum atomic E-state index is -0.107. The molecule has 0 saturated carbocycles.